The first-order valence-corrected chi connectivity index (χ1v) is 14.9. The van der Waals surface area contributed by atoms with Crippen LogP contribution in [0.15, 0.2) is 59.5 Å². The van der Waals surface area contributed by atoms with Gasteiger partial charge in [-0.1, -0.05) is 48.0 Å². The molecule has 0 radical (unpaired) electrons. The van der Waals surface area contributed by atoms with E-state index < -0.39 is 27.4 Å². The minimum absolute atomic E-state index is 0.0173. The van der Waals surface area contributed by atoms with Gasteiger partial charge < -0.3 is 14.3 Å². The zero-order valence-corrected chi connectivity index (χ0v) is 24.2. The number of ether oxygens (including phenoxy) is 2. The maximum Gasteiger partial charge on any atom is 0.411 e. The summed E-state index contributed by atoms with van der Waals surface area (Å²) in [6.07, 6.45) is 3.43. The standard InChI is InChI=1S/C30H41NO7S/c1-24-12-14-27(15-13-24)39(34,35)37-21-9-8-17-30(19-20-32)18-16-26(31(30)28(33)38-29(2,3)4)23-36-22-25-10-6-5-7-11-25/h5-7,10-15,20,26H,8-9,16-19,21-23H2,1-4H3/t26-,30-/m0/s1. The molecule has 0 saturated carbocycles. The molecule has 1 saturated heterocycles. The van der Waals surface area contributed by atoms with Crippen molar-refractivity contribution in [2.75, 3.05) is 13.2 Å². The Hall–Kier alpha value is -2.75. The molecule has 2 aromatic carbocycles. The minimum Gasteiger partial charge on any atom is -0.444 e. The van der Waals surface area contributed by atoms with Crippen molar-refractivity contribution in [3.05, 3.63) is 65.7 Å². The number of hydrogen-bond donors (Lipinski definition) is 0. The molecule has 2 atom stereocenters. The van der Waals surface area contributed by atoms with Crippen LogP contribution < -0.4 is 0 Å². The molecule has 39 heavy (non-hydrogen) atoms. The van der Waals surface area contributed by atoms with Gasteiger partial charge in [0.2, 0.25) is 0 Å². The molecule has 1 amide bonds. The van der Waals surface area contributed by atoms with Crippen molar-refractivity contribution in [2.24, 2.45) is 0 Å². The first-order chi connectivity index (χ1) is 18.5. The van der Waals surface area contributed by atoms with Gasteiger partial charge in [0.1, 0.15) is 11.9 Å². The minimum atomic E-state index is -3.85. The van der Waals surface area contributed by atoms with Crippen LogP contribution in [-0.2, 0) is 35.2 Å². The molecule has 0 unspecified atom stereocenters. The van der Waals surface area contributed by atoms with E-state index in [-0.39, 0.29) is 24.0 Å². The Morgan fingerprint density at radius 1 is 1.08 bits per heavy atom. The van der Waals surface area contributed by atoms with Crippen LogP contribution in [0.2, 0.25) is 0 Å². The van der Waals surface area contributed by atoms with E-state index in [9.17, 15) is 18.0 Å². The van der Waals surface area contributed by atoms with Gasteiger partial charge in [0.25, 0.3) is 10.1 Å². The lowest BCUT2D eigenvalue weighted by molar-refractivity contribution is -0.110. The average Bonchev–Trinajstić information content (AvgIpc) is 3.22. The number of carbonyl (C=O) groups excluding carboxylic acids is 2. The van der Waals surface area contributed by atoms with Gasteiger partial charge in [-0.05, 0) is 77.5 Å². The SMILES string of the molecule is Cc1ccc(S(=O)(=O)OCCCC[C@@]2(CC=O)CC[C@@H](COCc3ccccc3)N2C(=O)OC(C)(C)C)cc1. The largest absolute Gasteiger partial charge is 0.444 e. The van der Waals surface area contributed by atoms with Crippen LogP contribution in [0, 0.1) is 6.92 Å². The molecule has 3 rings (SSSR count). The molecule has 2 aromatic rings. The molecule has 0 aromatic heterocycles. The van der Waals surface area contributed by atoms with Gasteiger partial charge in [0.15, 0.2) is 0 Å². The Labute approximate surface area is 232 Å². The lowest BCUT2D eigenvalue weighted by Crippen LogP contribution is -2.53. The van der Waals surface area contributed by atoms with Gasteiger partial charge >= 0.3 is 6.09 Å². The average molecular weight is 560 g/mol. The van der Waals surface area contributed by atoms with E-state index in [2.05, 4.69) is 0 Å². The van der Waals surface area contributed by atoms with Gasteiger partial charge in [-0.3, -0.25) is 9.08 Å². The number of rotatable bonds is 13. The van der Waals surface area contributed by atoms with E-state index in [1.165, 1.54) is 12.1 Å². The highest BCUT2D eigenvalue weighted by Gasteiger charge is 2.49. The quantitative estimate of drug-likeness (QED) is 0.173. The summed E-state index contributed by atoms with van der Waals surface area (Å²) >= 11 is 0. The number of hydrogen-bond acceptors (Lipinski definition) is 7. The zero-order valence-electron chi connectivity index (χ0n) is 23.4. The second-order valence-corrected chi connectivity index (χ2v) is 12.8. The highest BCUT2D eigenvalue weighted by atomic mass is 32.2. The monoisotopic (exact) mass is 559 g/mol. The number of nitrogens with zero attached hydrogens (tertiary/aromatic N) is 1. The van der Waals surface area contributed by atoms with E-state index in [1.54, 1.807) is 17.0 Å². The third kappa shape index (κ3) is 8.88. The lowest BCUT2D eigenvalue weighted by atomic mass is 9.87. The van der Waals surface area contributed by atoms with Crippen molar-refractivity contribution < 1.29 is 31.7 Å². The van der Waals surface area contributed by atoms with Crippen LogP contribution >= 0.6 is 0 Å². The maximum atomic E-state index is 13.4. The highest BCUT2D eigenvalue weighted by Crippen LogP contribution is 2.41. The molecule has 8 nitrogen and oxygen atoms in total. The van der Waals surface area contributed by atoms with Crippen molar-refractivity contribution in [2.45, 2.75) is 94.9 Å². The number of aldehydes is 1. The molecule has 1 aliphatic rings. The van der Waals surface area contributed by atoms with Crippen molar-refractivity contribution in [1.82, 2.24) is 4.90 Å². The zero-order chi connectivity index (χ0) is 28.5. The Bertz CT molecular complexity index is 1180. The van der Waals surface area contributed by atoms with Crippen molar-refractivity contribution >= 4 is 22.5 Å². The maximum absolute atomic E-state index is 13.4. The Balaban J connectivity index is 1.65. The summed E-state index contributed by atoms with van der Waals surface area (Å²) in [6.45, 7) is 8.10. The number of carbonyl (C=O) groups is 2. The van der Waals surface area contributed by atoms with Gasteiger partial charge in [0.05, 0.1) is 36.3 Å². The van der Waals surface area contributed by atoms with Crippen LogP contribution in [0.25, 0.3) is 0 Å². The summed E-state index contributed by atoms with van der Waals surface area (Å²) < 4.78 is 42.0. The fraction of sp³-hybridized carbons (Fsp3) is 0.533. The molecular formula is C30H41NO7S. The third-order valence-electron chi connectivity index (χ3n) is 6.88. The molecule has 0 N–H and O–H groups in total. The fourth-order valence-corrected chi connectivity index (χ4v) is 5.91. The molecule has 214 valence electrons. The first kappa shape index (κ1) is 30.8. The van der Waals surface area contributed by atoms with Crippen LogP contribution in [-0.4, -0.2) is 56.1 Å². The number of unbranched alkanes of at least 4 members (excludes halogenated alkanes) is 1. The van der Waals surface area contributed by atoms with E-state index in [1.807, 2.05) is 58.0 Å². The Kier molecular flexibility index (Phi) is 10.7. The van der Waals surface area contributed by atoms with E-state index >= 15 is 0 Å². The summed E-state index contributed by atoms with van der Waals surface area (Å²) in [7, 11) is -3.85. The number of amides is 1. The molecule has 1 aliphatic heterocycles. The number of aryl methyl sites for hydroxylation is 1. The van der Waals surface area contributed by atoms with Crippen LogP contribution in [0.1, 0.15) is 70.4 Å². The molecule has 0 bridgehead atoms. The summed E-state index contributed by atoms with van der Waals surface area (Å²) in [5.41, 5.74) is 0.587. The third-order valence-corrected chi connectivity index (χ3v) is 8.21. The van der Waals surface area contributed by atoms with E-state index in [0.717, 1.165) is 17.4 Å². The van der Waals surface area contributed by atoms with Crippen LogP contribution in [0.5, 0.6) is 0 Å². The van der Waals surface area contributed by atoms with Gasteiger partial charge in [0, 0.05) is 6.42 Å². The second kappa shape index (κ2) is 13.5. The first-order valence-electron chi connectivity index (χ1n) is 13.5. The van der Waals surface area contributed by atoms with Gasteiger partial charge in [-0.2, -0.15) is 8.42 Å². The molecule has 0 spiro atoms. The summed E-state index contributed by atoms with van der Waals surface area (Å²) in [5.74, 6) is 0. The fourth-order valence-electron chi connectivity index (χ4n) is 4.97. The number of benzene rings is 2. The summed E-state index contributed by atoms with van der Waals surface area (Å²) in [5, 5.41) is 0. The predicted molar refractivity (Wildman–Crippen MR) is 149 cm³/mol. The van der Waals surface area contributed by atoms with E-state index in [0.29, 0.717) is 45.3 Å². The van der Waals surface area contributed by atoms with Crippen LogP contribution in [0.3, 0.4) is 0 Å². The normalized spacial score (nSPS) is 19.7. The molecule has 0 aliphatic carbocycles. The second-order valence-electron chi connectivity index (χ2n) is 11.2. The van der Waals surface area contributed by atoms with Gasteiger partial charge in [-0.15, -0.1) is 0 Å². The summed E-state index contributed by atoms with van der Waals surface area (Å²) in [4.78, 5) is 27.1. The predicted octanol–water partition coefficient (Wildman–Crippen LogP) is 5.81. The molecule has 9 heteroatoms. The lowest BCUT2D eigenvalue weighted by Gasteiger charge is -2.41. The topological polar surface area (TPSA) is 99.2 Å². The number of likely N-dealkylation sites (tertiary alicyclic amines) is 1. The smallest absolute Gasteiger partial charge is 0.411 e. The molecule has 1 fully saturated rings. The Morgan fingerprint density at radius 3 is 2.41 bits per heavy atom. The van der Waals surface area contributed by atoms with E-state index in [4.69, 9.17) is 13.7 Å². The molecular weight excluding hydrogens is 518 g/mol. The molecule has 1 heterocycles. The Morgan fingerprint density at radius 2 is 1.77 bits per heavy atom. The highest BCUT2D eigenvalue weighted by molar-refractivity contribution is 7.86. The van der Waals surface area contributed by atoms with Crippen molar-refractivity contribution in [3.8, 4) is 0 Å². The van der Waals surface area contributed by atoms with Gasteiger partial charge in [-0.25, -0.2) is 4.79 Å². The van der Waals surface area contributed by atoms with Crippen molar-refractivity contribution in [3.63, 3.8) is 0 Å². The van der Waals surface area contributed by atoms with Crippen LogP contribution in [0.4, 0.5) is 4.79 Å². The summed E-state index contributed by atoms with van der Waals surface area (Å²) in [6, 6.07) is 16.1. The van der Waals surface area contributed by atoms with Crippen molar-refractivity contribution in [1.29, 1.82) is 0 Å².